The Morgan fingerprint density at radius 3 is 2.63 bits per heavy atom. The van der Waals surface area contributed by atoms with Crippen molar-refractivity contribution in [3.8, 4) is 5.75 Å². The van der Waals surface area contributed by atoms with Crippen LogP contribution in [0.5, 0.6) is 5.75 Å². The molecule has 2 N–H and O–H groups in total. The van der Waals surface area contributed by atoms with Crippen LogP contribution in [0.1, 0.15) is 22.3 Å². The highest BCUT2D eigenvalue weighted by Crippen LogP contribution is 2.21. The van der Waals surface area contributed by atoms with Crippen molar-refractivity contribution >= 4 is 0 Å². The fourth-order valence-corrected chi connectivity index (χ4v) is 1.88. The molecule has 0 bridgehead atoms. The van der Waals surface area contributed by atoms with Gasteiger partial charge in [-0.2, -0.15) is 0 Å². The number of hydrogen-bond donors (Lipinski definition) is 1. The second-order valence-electron chi connectivity index (χ2n) is 4.69. The molecule has 0 saturated heterocycles. The first-order valence-corrected chi connectivity index (χ1v) is 6.27. The molecule has 0 heterocycles. The van der Waals surface area contributed by atoms with E-state index in [4.69, 9.17) is 10.5 Å². The van der Waals surface area contributed by atoms with Crippen LogP contribution >= 0.6 is 0 Å². The SMILES string of the molecule is Cc1ccc(C)c(OCc2cc(CN)ccc2F)c1. The normalized spacial score (nSPS) is 10.5. The molecule has 0 aliphatic heterocycles. The number of benzene rings is 2. The summed E-state index contributed by atoms with van der Waals surface area (Å²) >= 11 is 0. The van der Waals surface area contributed by atoms with Crippen LogP contribution < -0.4 is 10.5 Å². The fraction of sp³-hybridized carbons (Fsp3) is 0.250. The van der Waals surface area contributed by atoms with E-state index in [0.717, 1.165) is 22.4 Å². The van der Waals surface area contributed by atoms with Gasteiger partial charge in [0, 0.05) is 12.1 Å². The first-order chi connectivity index (χ1) is 9.10. The monoisotopic (exact) mass is 259 g/mol. The van der Waals surface area contributed by atoms with Crippen LogP contribution in [0.3, 0.4) is 0 Å². The molecule has 0 spiro atoms. The summed E-state index contributed by atoms with van der Waals surface area (Å²) in [6, 6.07) is 10.9. The highest BCUT2D eigenvalue weighted by molar-refractivity contribution is 5.36. The van der Waals surface area contributed by atoms with Gasteiger partial charge in [0.25, 0.3) is 0 Å². The van der Waals surface area contributed by atoms with E-state index in [-0.39, 0.29) is 12.4 Å². The minimum absolute atomic E-state index is 0.212. The Labute approximate surface area is 113 Å². The van der Waals surface area contributed by atoms with Crippen LogP contribution in [-0.4, -0.2) is 0 Å². The summed E-state index contributed by atoms with van der Waals surface area (Å²) in [6.07, 6.45) is 0. The molecule has 2 rings (SSSR count). The van der Waals surface area contributed by atoms with Crippen molar-refractivity contribution in [3.05, 3.63) is 64.5 Å². The molecular weight excluding hydrogens is 241 g/mol. The van der Waals surface area contributed by atoms with Gasteiger partial charge in [0.2, 0.25) is 0 Å². The minimum atomic E-state index is -0.262. The minimum Gasteiger partial charge on any atom is -0.489 e. The molecule has 0 aliphatic carbocycles. The maximum absolute atomic E-state index is 13.7. The number of hydrogen-bond acceptors (Lipinski definition) is 2. The molecule has 0 atom stereocenters. The molecule has 100 valence electrons. The molecule has 0 fully saturated rings. The van der Waals surface area contributed by atoms with Crippen molar-refractivity contribution in [2.75, 3.05) is 0 Å². The van der Waals surface area contributed by atoms with Crippen molar-refractivity contribution in [2.24, 2.45) is 5.73 Å². The average Bonchev–Trinajstić information content (AvgIpc) is 2.41. The van der Waals surface area contributed by atoms with Crippen molar-refractivity contribution in [2.45, 2.75) is 27.0 Å². The van der Waals surface area contributed by atoms with Gasteiger partial charge in [-0.3, -0.25) is 0 Å². The summed E-state index contributed by atoms with van der Waals surface area (Å²) in [6.45, 7) is 4.59. The van der Waals surface area contributed by atoms with Gasteiger partial charge < -0.3 is 10.5 Å². The first kappa shape index (κ1) is 13.6. The van der Waals surface area contributed by atoms with Gasteiger partial charge in [-0.15, -0.1) is 0 Å². The molecule has 3 heteroatoms. The lowest BCUT2D eigenvalue weighted by Gasteiger charge is -2.11. The van der Waals surface area contributed by atoms with Crippen LogP contribution in [-0.2, 0) is 13.2 Å². The molecule has 2 aromatic carbocycles. The lowest BCUT2D eigenvalue weighted by molar-refractivity contribution is 0.297. The van der Waals surface area contributed by atoms with Gasteiger partial charge in [-0.1, -0.05) is 18.2 Å². The van der Waals surface area contributed by atoms with E-state index in [9.17, 15) is 4.39 Å². The number of rotatable bonds is 4. The van der Waals surface area contributed by atoms with Crippen molar-refractivity contribution in [3.63, 3.8) is 0 Å². The van der Waals surface area contributed by atoms with Crippen LogP contribution in [0.2, 0.25) is 0 Å². The maximum Gasteiger partial charge on any atom is 0.129 e. The van der Waals surface area contributed by atoms with Crippen molar-refractivity contribution in [1.29, 1.82) is 0 Å². The molecule has 0 aliphatic rings. The van der Waals surface area contributed by atoms with E-state index in [0.29, 0.717) is 12.1 Å². The van der Waals surface area contributed by atoms with Gasteiger partial charge in [-0.05, 0) is 48.7 Å². The third-order valence-electron chi connectivity index (χ3n) is 3.07. The quantitative estimate of drug-likeness (QED) is 0.912. The van der Waals surface area contributed by atoms with Gasteiger partial charge >= 0.3 is 0 Å². The van der Waals surface area contributed by atoms with Crippen LogP contribution in [0.4, 0.5) is 4.39 Å². The number of nitrogens with two attached hydrogens (primary N) is 1. The highest BCUT2D eigenvalue weighted by Gasteiger charge is 2.06. The average molecular weight is 259 g/mol. The zero-order chi connectivity index (χ0) is 13.8. The molecule has 2 nitrogen and oxygen atoms in total. The van der Waals surface area contributed by atoms with Crippen LogP contribution in [0.15, 0.2) is 36.4 Å². The maximum atomic E-state index is 13.7. The Bertz CT molecular complexity index is 581. The van der Waals surface area contributed by atoms with E-state index < -0.39 is 0 Å². The standard InChI is InChI=1S/C16H18FNO/c1-11-3-4-12(2)16(7-11)19-10-14-8-13(9-18)5-6-15(14)17/h3-8H,9-10,18H2,1-2H3. The smallest absolute Gasteiger partial charge is 0.129 e. The molecule has 19 heavy (non-hydrogen) atoms. The first-order valence-electron chi connectivity index (χ1n) is 6.27. The second-order valence-corrected chi connectivity index (χ2v) is 4.69. The summed E-state index contributed by atoms with van der Waals surface area (Å²) < 4.78 is 19.4. The topological polar surface area (TPSA) is 35.2 Å². The Morgan fingerprint density at radius 2 is 1.89 bits per heavy atom. The molecule has 0 aromatic heterocycles. The molecule has 2 aromatic rings. The highest BCUT2D eigenvalue weighted by atomic mass is 19.1. The predicted molar refractivity (Wildman–Crippen MR) is 74.5 cm³/mol. The van der Waals surface area contributed by atoms with E-state index in [2.05, 4.69) is 0 Å². The summed E-state index contributed by atoms with van der Waals surface area (Å²) in [5.41, 5.74) is 9.16. The molecule has 0 radical (unpaired) electrons. The molecule has 0 saturated carbocycles. The Hall–Kier alpha value is -1.87. The van der Waals surface area contributed by atoms with E-state index in [1.165, 1.54) is 6.07 Å². The van der Waals surface area contributed by atoms with Gasteiger partial charge in [0.05, 0.1) is 0 Å². The van der Waals surface area contributed by atoms with Gasteiger partial charge in [0.15, 0.2) is 0 Å². The largest absolute Gasteiger partial charge is 0.489 e. The number of halogens is 1. The summed E-state index contributed by atoms with van der Waals surface area (Å²) in [4.78, 5) is 0. The fourth-order valence-electron chi connectivity index (χ4n) is 1.88. The van der Waals surface area contributed by atoms with Crippen molar-refractivity contribution < 1.29 is 9.13 Å². The zero-order valence-corrected chi connectivity index (χ0v) is 11.2. The number of aryl methyl sites for hydroxylation is 2. The lowest BCUT2D eigenvalue weighted by atomic mass is 10.1. The number of ether oxygens (including phenoxy) is 1. The van der Waals surface area contributed by atoms with Crippen molar-refractivity contribution in [1.82, 2.24) is 0 Å². The molecule has 0 unspecified atom stereocenters. The Morgan fingerprint density at radius 1 is 1.11 bits per heavy atom. The van der Waals surface area contributed by atoms with Crippen LogP contribution in [0, 0.1) is 19.7 Å². The zero-order valence-electron chi connectivity index (χ0n) is 11.2. The Balaban J connectivity index is 2.16. The van der Waals surface area contributed by atoms with Crippen LogP contribution in [0.25, 0.3) is 0 Å². The molecule has 0 amide bonds. The van der Waals surface area contributed by atoms with E-state index in [1.807, 2.05) is 32.0 Å². The van der Waals surface area contributed by atoms with Gasteiger partial charge in [-0.25, -0.2) is 4.39 Å². The molecular formula is C16H18FNO. The van der Waals surface area contributed by atoms with Gasteiger partial charge in [0.1, 0.15) is 18.2 Å². The third-order valence-corrected chi connectivity index (χ3v) is 3.07. The van der Waals surface area contributed by atoms with E-state index >= 15 is 0 Å². The predicted octanol–water partition coefficient (Wildman–Crippen LogP) is 3.48. The summed E-state index contributed by atoms with van der Waals surface area (Å²) in [5, 5.41) is 0. The van der Waals surface area contributed by atoms with E-state index in [1.54, 1.807) is 12.1 Å². The summed E-state index contributed by atoms with van der Waals surface area (Å²) in [7, 11) is 0. The summed E-state index contributed by atoms with van der Waals surface area (Å²) in [5.74, 6) is 0.528. The Kier molecular flexibility index (Phi) is 4.17. The lowest BCUT2D eigenvalue weighted by Crippen LogP contribution is -2.03. The third kappa shape index (κ3) is 3.32. The second kappa shape index (κ2) is 5.85.